The van der Waals surface area contributed by atoms with E-state index in [0.29, 0.717) is 11.9 Å². The number of aromatic carboxylic acids is 1. The fourth-order valence-electron chi connectivity index (χ4n) is 2.07. The highest BCUT2D eigenvalue weighted by Gasteiger charge is 2.21. The molecule has 1 aromatic heterocycles. The van der Waals surface area contributed by atoms with Crippen LogP contribution in [0.1, 0.15) is 24.4 Å². The maximum atomic E-state index is 10.7. The van der Waals surface area contributed by atoms with Crippen molar-refractivity contribution in [3.8, 4) is 0 Å². The van der Waals surface area contributed by atoms with Crippen molar-refractivity contribution in [2.75, 3.05) is 31.1 Å². The Labute approximate surface area is 101 Å². The molecule has 0 amide bonds. The van der Waals surface area contributed by atoms with Gasteiger partial charge in [-0.2, -0.15) is 0 Å². The summed E-state index contributed by atoms with van der Waals surface area (Å²) in [6.45, 7) is 8.10. The molecule has 2 rings (SSSR count). The number of piperazine rings is 1. The van der Waals surface area contributed by atoms with Gasteiger partial charge >= 0.3 is 5.97 Å². The van der Waals surface area contributed by atoms with E-state index in [0.717, 1.165) is 26.2 Å². The molecule has 0 bridgehead atoms. The van der Waals surface area contributed by atoms with Gasteiger partial charge in [-0.15, -0.1) is 0 Å². The lowest BCUT2D eigenvalue weighted by molar-refractivity contribution is 0.0663. The number of hydrogen-bond acceptors (Lipinski definition) is 4. The van der Waals surface area contributed by atoms with Crippen LogP contribution in [0.5, 0.6) is 0 Å². The van der Waals surface area contributed by atoms with Gasteiger partial charge in [0.25, 0.3) is 0 Å². The van der Waals surface area contributed by atoms with Crippen LogP contribution in [0.2, 0.25) is 0 Å². The summed E-state index contributed by atoms with van der Waals surface area (Å²) in [5.41, 5.74) is 0. The molecule has 0 radical (unpaired) electrons. The second kappa shape index (κ2) is 4.79. The van der Waals surface area contributed by atoms with Crippen LogP contribution in [0.25, 0.3) is 0 Å². The second-order valence-corrected chi connectivity index (χ2v) is 4.56. The van der Waals surface area contributed by atoms with Crippen molar-refractivity contribution in [1.82, 2.24) is 4.90 Å². The molecule has 0 aliphatic carbocycles. The minimum Gasteiger partial charge on any atom is -0.475 e. The molecule has 5 heteroatoms. The minimum absolute atomic E-state index is 0.00582. The molecule has 0 atom stereocenters. The maximum Gasteiger partial charge on any atom is 0.371 e. The summed E-state index contributed by atoms with van der Waals surface area (Å²) in [5, 5.41) is 8.79. The molecule has 17 heavy (non-hydrogen) atoms. The zero-order chi connectivity index (χ0) is 12.4. The van der Waals surface area contributed by atoms with Gasteiger partial charge in [0.2, 0.25) is 5.76 Å². The quantitative estimate of drug-likeness (QED) is 0.865. The first-order valence-electron chi connectivity index (χ1n) is 5.90. The number of carboxylic acids is 1. The molecular weight excluding hydrogens is 220 g/mol. The van der Waals surface area contributed by atoms with Gasteiger partial charge < -0.3 is 14.4 Å². The maximum absolute atomic E-state index is 10.7. The Morgan fingerprint density at radius 2 is 1.94 bits per heavy atom. The molecule has 5 nitrogen and oxygen atoms in total. The molecule has 94 valence electrons. The van der Waals surface area contributed by atoms with Gasteiger partial charge in [0, 0.05) is 38.3 Å². The molecule has 0 saturated carbocycles. The summed E-state index contributed by atoms with van der Waals surface area (Å²) in [7, 11) is 0. The van der Waals surface area contributed by atoms with E-state index in [1.165, 1.54) is 6.07 Å². The smallest absolute Gasteiger partial charge is 0.371 e. The lowest BCUT2D eigenvalue weighted by Gasteiger charge is -2.36. The van der Waals surface area contributed by atoms with E-state index in [4.69, 9.17) is 9.52 Å². The monoisotopic (exact) mass is 238 g/mol. The first-order valence-corrected chi connectivity index (χ1v) is 5.90. The molecule has 1 aliphatic rings. The Balaban J connectivity index is 1.98. The number of carbonyl (C=O) groups is 1. The lowest BCUT2D eigenvalue weighted by atomic mass is 10.2. The SMILES string of the molecule is CC(C)N1CCN(c2ccc(C(=O)O)o2)CC1. The Hall–Kier alpha value is -1.49. The highest BCUT2D eigenvalue weighted by Crippen LogP contribution is 2.20. The summed E-state index contributed by atoms with van der Waals surface area (Å²) < 4.78 is 5.29. The lowest BCUT2D eigenvalue weighted by Crippen LogP contribution is -2.48. The number of furan rings is 1. The van der Waals surface area contributed by atoms with Crippen LogP contribution in [0, 0.1) is 0 Å². The van der Waals surface area contributed by atoms with Crippen molar-refractivity contribution >= 4 is 11.9 Å². The summed E-state index contributed by atoms with van der Waals surface area (Å²) in [6, 6.07) is 3.80. The molecule has 1 aliphatic heterocycles. The fraction of sp³-hybridized carbons (Fsp3) is 0.583. The molecule has 2 heterocycles. The van der Waals surface area contributed by atoms with Crippen LogP contribution in [-0.4, -0.2) is 48.2 Å². The first-order chi connectivity index (χ1) is 8.08. The Bertz CT molecular complexity index is 392. The van der Waals surface area contributed by atoms with Crippen LogP contribution >= 0.6 is 0 Å². The van der Waals surface area contributed by atoms with Gasteiger partial charge in [0.15, 0.2) is 5.88 Å². The Morgan fingerprint density at radius 1 is 1.29 bits per heavy atom. The molecular formula is C12H18N2O3. The second-order valence-electron chi connectivity index (χ2n) is 4.56. The Kier molecular flexibility index (Phi) is 3.38. The average molecular weight is 238 g/mol. The van der Waals surface area contributed by atoms with Crippen molar-refractivity contribution in [2.24, 2.45) is 0 Å². The molecule has 1 saturated heterocycles. The predicted octanol–water partition coefficient (Wildman–Crippen LogP) is 1.51. The van der Waals surface area contributed by atoms with Crippen LogP contribution in [-0.2, 0) is 0 Å². The average Bonchev–Trinajstić information content (AvgIpc) is 2.78. The van der Waals surface area contributed by atoms with Crippen LogP contribution < -0.4 is 4.90 Å². The third-order valence-electron chi connectivity index (χ3n) is 3.16. The van der Waals surface area contributed by atoms with E-state index in [1.54, 1.807) is 6.07 Å². The van der Waals surface area contributed by atoms with E-state index in [-0.39, 0.29) is 5.76 Å². The molecule has 0 unspecified atom stereocenters. The Morgan fingerprint density at radius 3 is 2.41 bits per heavy atom. The zero-order valence-electron chi connectivity index (χ0n) is 10.2. The van der Waals surface area contributed by atoms with Gasteiger partial charge in [-0.3, -0.25) is 4.90 Å². The molecule has 0 aromatic carbocycles. The van der Waals surface area contributed by atoms with Crippen molar-refractivity contribution in [3.05, 3.63) is 17.9 Å². The molecule has 1 fully saturated rings. The van der Waals surface area contributed by atoms with Gasteiger partial charge in [-0.05, 0) is 19.9 Å². The number of carboxylic acid groups (broad SMARTS) is 1. The van der Waals surface area contributed by atoms with E-state index < -0.39 is 5.97 Å². The largest absolute Gasteiger partial charge is 0.475 e. The topological polar surface area (TPSA) is 56.9 Å². The molecule has 1 N–H and O–H groups in total. The third kappa shape index (κ3) is 2.61. The standard InChI is InChI=1S/C12H18N2O3/c1-9(2)13-5-7-14(8-6-13)11-4-3-10(17-11)12(15)16/h3-4,9H,5-8H2,1-2H3,(H,15,16). The summed E-state index contributed by atoms with van der Waals surface area (Å²) >= 11 is 0. The summed E-state index contributed by atoms with van der Waals surface area (Å²) in [4.78, 5) is 15.2. The third-order valence-corrected chi connectivity index (χ3v) is 3.16. The van der Waals surface area contributed by atoms with Gasteiger partial charge in [-0.1, -0.05) is 0 Å². The highest BCUT2D eigenvalue weighted by atomic mass is 16.4. The van der Waals surface area contributed by atoms with Crippen molar-refractivity contribution in [2.45, 2.75) is 19.9 Å². The zero-order valence-corrected chi connectivity index (χ0v) is 10.2. The first kappa shape index (κ1) is 12.0. The number of rotatable bonds is 3. The van der Waals surface area contributed by atoms with Gasteiger partial charge in [0.05, 0.1) is 0 Å². The van der Waals surface area contributed by atoms with Crippen molar-refractivity contribution in [1.29, 1.82) is 0 Å². The minimum atomic E-state index is -1.02. The van der Waals surface area contributed by atoms with E-state index in [9.17, 15) is 4.79 Å². The van der Waals surface area contributed by atoms with Gasteiger partial charge in [0.1, 0.15) is 0 Å². The fourth-order valence-corrected chi connectivity index (χ4v) is 2.07. The van der Waals surface area contributed by atoms with E-state index in [1.807, 2.05) is 0 Å². The van der Waals surface area contributed by atoms with E-state index in [2.05, 4.69) is 23.6 Å². The molecule has 0 spiro atoms. The van der Waals surface area contributed by atoms with E-state index >= 15 is 0 Å². The summed E-state index contributed by atoms with van der Waals surface area (Å²) in [6.07, 6.45) is 0. The number of hydrogen-bond donors (Lipinski definition) is 1. The normalized spacial score (nSPS) is 17.7. The van der Waals surface area contributed by atoms with Crippen LogP contribution in [0.15, 0.2) is 16.5 Å². The number of anilines is 1. The van der Waals surface area contributed by atoms with Crippen molar-refractivity contribution in [3.63, 3.8) is 0 Å². The van der Waals surface area contributed by atoms with Crippen LogP contribution in [0.3, 0.4) is 0 Å². The molecule has 1 aromatic rings. The predicted molar refractivity (Wildman–Crippen MR) is 64.6 cm³/mol. The van der Waals surface area contributed by atoms with Crippen molar-refractivity contribution < 1.29 is 14.3 Å². The van der Waals surface area contributed by atoms with Crippen LogP contribution in [0.4, 0.5) is 5.88 Å². The number of nitrogens with zero attached hydrogens (tertiary/aromatic N) is 2. The van der Waals surface area contributed by atoms with Gasteiger partial charge in [-0.25, -0.2) is 4.79 Å². The summed E-state index contributed by atoms with van der Waals surface area (Å²) in [5.74, 6) is -0.353. The highest BCUT2D eigenvalue weighted by molar-refractivity contribution is 5.84.